The maximum absolute atomic E-state index is 12.7. The smallest absolute Gasteiger partial charge is 0.249 e. The topological polar surface area (TPSA) is 86.7 Å². The van der Waals surface area contributed by atoms with Gasteiger partial charge in [-0.1, -0.05) is 34.3 Å². The first-order valence-electron chi connectivity index (χ1n) is 9.02. The monoisotopic (exact) mass is 352 g/mol. The average Bonchev–Trinajstić information content (AvgIpc) is 2.63. The third-order valence-corrected chi connectivity index (χ3v) is 4.87. The highest BCUT2D eigenvalue weighted by molar-refractivity contribution is 5.98. The lowest BCUT2D eigenvalue weighted by molar-refractivity contribution is -0.134. The molecule has 1 aliphatic rings. The van der Waals surface area contributed by atoms with Gasteiger partial charge >= 0.3 is 0 Å². The fourth-order valence-electron chi connectivity index (χ4n) is 3.15. The minimum absolute atomic E-state index is 0.0647. The van der Waals surface area contributed by atoms with Crippen LogP contribution >= 0.6 is 0 Å². The Morgan fingerprint density at radius 1 is 1.36 bits per heavy atom. The van der Waals surface area contributed by atoms with Crippen molar-refractivity contribution in [1.29, 1.82) is 0 Å². The zero-order valence-electron chi connectivity index (χ0n) is 16.0. The number of rotatable bonds is 7. The van der Waals surface area contributed by atoms with Crippen LogP contribution in [0.5, 0.6) is 0 Å². The van der Waals surface area contributed by atoms with E-state index in [0.717, 1.165) is 0 Å². The summed E-state index contributed by atoms with van der Waals surface area (Å²) < 4.78 is 0. The van der Waals surface area contributed by atoms with Crippen LogP contribution in [0.1, 0.15) is 53.9 Å². The molecule has 2 unspecified atom stereocenters. The molecule has 1 rings (SSSR count). The van der Waals surface area contributed by atoms with Gasteiger partial charge in [0.1, 0.15) is 0 Å². The van der Waals surface area contributed by atoms with Crippen LogP contribution in [0, 0.1) is 17.8 Å². The van der Waals surface area contributed by atoms with E-state index in [-0.39, 0.29) is 42.0 Å². The van der Waals surface area contributed by atoms with Gasteiger partial charge in [-0.2, -0.15) is 0 Å². The Balaban J connectivity index is 2.99. The second-order valence-corrected chi connectivity index (χ2v) is 7.70. The summed E-state index contributed by atoms with van der Waals surface area (Å²) in [4.78, 5) is 38.2. The number of nitrogens with zero attached hydrogens (tertiary/aromatic N) is 1. The normalized spacial score (nSPS) is 23.6. The number of amides is 3. The molecule has 25 heavy (non-hydrogen) atoms. The molecule has 2 N–H and O–H groups in total. The third kappa shape index (κ3) is 5.96. The SMILES string of the molecule is C=C(C)C(=O)N(CC(C)CC(O)C(C)C)[C@@H]1CCC(=O)NC(=O)[C@H]1C. The lowest BCUT2D eigenvalue weighted by Gasteiger charge is -2.36. The van der Waals surface area contributed by atoms with E-state index in [9.17, 15) is 19.5 Å². The van der Waals surface area contributed by atoms with E-state index >= 15 is 0 Å². The zero-order valence-corrected chi connectivity index (χ0v) is 16.0. The average molecular weight is 352 g/mol. The highest BCUT2D eigenvalue weighted by Gasteiger charge is 2.36. The van der Waals surface area contributed by atoms with Crippen LogP contribution < -0.4 is 5.32 Å². The number of aliphatic hydroxyl groups is 1. The van der Waals surface area contributed by atoms with Crippen LogP contribution in [0.15, 0.2) is 12.2 Å². The van der Waals surface area contributed by atoms with Crippen LogP contribution in [0.25, 0.3) is 0 Å². The Labute approximate surface area is 150 Å². The third-order valence-electron chi connectivity index (χ3n) is 4.87. The van der Waals surface area contributed by atoms with Crippen LogP contribution in [0.3, 0.4) is 0 Å². The molecule has 1 aliphatic heterocycles. The van der Waals surface area contributed by atoms with Crippen LogP contribution in [0.2, 0.25) is 0 Å². The molecule has 0 bridgehead atoms. The molecule has 1 fully saturated rings. The van der Waals surface area contributed by atoms with Crippen molar-refractivity contribution in [2.75, 3.05) is 6.54 Å². The summed E-state index contributed by atoms with van der Waals surface area (Å²) in [5.41, 5.74) is 0.403. The number of carbonyl (C=O) groups is 3. The summed E-state index contributed by atoms with van der Waals surface area (Å²) in [6.07, 6.45) is 0.790. The summed E-state index contributed by atoms with van der Waals surface area (Å²) in [6, 6.07) is -0.353. The molecule has 0 aromatic rings. The van der Waals surface area contributed by atoms with Crippen LogP contribution in [-0.2, 0) is 14.4 Å². The van der Waals surface area contributed by atoms with E-state index in [1.54, 1.807) is 18.7 Å². The highest BCUT2D eigenvalue weighted by atomic mass is 16.3. The molecule has 0 aromatic carbocycles. The van der Waals surface area contributed by atoms with E-state index in [4.69, 9.17) is 0 Å². The Morgan fingerprint density at radius 2 is 1.96 bits per heavy atom. The summed E-state index contributed by atoms with van der Waals surface area (Å²) in [5.74, 6) is -1.11. The number of nitrogens with one attached hydrogen (secondary N) is 1. The van der Waals surface area contributed by atoms with E-state index < -0.39 is 12.0 Å². The molecule has 6 nitrogen and oxygen atoms in total. The summed E-state index contributed by atoms with van der Waals surface area (Å²) >= 11 is 0. The van der Waals surface area contributed by atoms with Gasteiger partial charge in [-0.05, 0) is 31.6 Å². The van der Waals surface area contributed by atoms with E-state index in [1.165, 1.54) is 0 Å². The predicted octanol–water partition coefficient (Wildman–Crippen LogP) is 1.88. The maximum atomic E-state index is 12.7. The molecule has 142 valence electrons. The van der Waals surface area contributed by atoms with Crippen molar-refractivity contribution in [1.82, 2.24) is 10.2 Å². The van der Waals surface area contributed by atoms with Gasteiger partial charge in [0.2, 0.25) is 17.7 Å². The molecule has 1 saturated heterocycles. The second-order valence-electron chi connectivity index (χ2n) is 7.70. The van der Waals surface area contributed by atoms with Crippen molar-refractivity contribution < 1.29 is 19.5 Å². The Kier molecular flexibility index (Phi) is 7.80. The molecule has 4 atom stereocenters. The van der Waals surface area contributed by atoms with E-state index in [1.807, 2.05) is 20.8 Å². The standard InChI is InChI=1S/C19H32N2O4/c1-11(2)16(22)9-13(5)10-21(19(25)12(3)4)15-7-8-17(23)20-18(24)14(15)6/h11,13-16,22H,3,7-10H2,1-2,4-6H3,(H,20,23,24)/t13?,14-,15+,16?/m0/s1. The predicted molar refractivity (Wildman–Crippen MR) is 96.5 cm³/mol. The quantitative estimate of drug-likeness (QED) is 0.541. The molecular formula is C19H32N2O4. The maximum Gasteiger partial charge on any atom is 0.249 e. The summed E-state index contributed by atoms with van der Waals surface area (Å²) in [7, 11) is 0. The lowest BCUT2D eigenvalue weighted by Crippen LogP contribution is -2.49. The Hall–Kier alpha value is -1.69. The number of carbonyl (C=O) groups excluding carboxylic acids is 3. The molecule has 1 heterocycles. The van der Waals surface area contributed by atoms with Gasteiger partial charge in [0.15, 0.2) is 0 Å². The van der Waals surface area contributed by atoms with Gasteiger partial charge in [0.25, 0.3) is 0 Å². The molecular weight excluding hydrogens is 320 g/mol. The van der Waals surface area contributed by atoms with E-state index in [2.05, 4.69) is 11.9 Å². The molecule has 0 aliphatic carbocycles. The minimum Gasteiger partial charge on any atom is -0.393 e. The molecule has 0 aromatic heterocycles. The lowest BCUT2D eigenvalue weighted by atomic mass is 9.92. The molecule has 0 radical (unpaired) electrons. The number of hydrogen-bond acceptors (Lipinski definition) is 4. The largest absolute Gasteiger partial charge is 0.393 e. The van der Waals surface area contributed by atoms with Crippen molar-refractivity contribution in [3.63, 3.8) is 0 Å². The molecule has 3 amide bonds. The second kappa shape index (κ2) is 9.13. The summed E-state index contributed by atoms with van der Waals surface area (Å²) in [6.45, 7) is 13.4. The van der Waals surface area contributed by atoms with Gasteiger partial charge in [-0.25, -0.2) is 0 Å². The van der Waals surface area contributed by atoms with Gasteiger partial charge < -0.3 is 10.0 Å². The zero-order chi connectivity index (χ0) is 19.3. The fraction of sp³-hybridized carbons (Fsp3) is 0.737. The first kappa shape index (κ1) is 21.4. The van der Waals surface area contributed by atoms with Crippen molar-refractivity contribution >= 4 is 17.7 Å². The van der Waals surface area contributed by atoms with Crippen molar-refractivity contribution in [2.45, 2.75) is 66.0 Å². The van der Waals surface area contributed by atoms with Crippen LogP contribution in [0.4, 0.5) is 0 Å². The van der Waals surface area contributed by atoms with E-state index in [0.29, 0.717) is 25.0 Å². The number of imide groups is 1. The Bertz CT molecular complexity index is 530. The first-order chi connectivity index (χ1) is 11.5. The van der Waals surface area contributed by atoms with Gasteiger partial charge in [0, 0.05) is 24.6 Å². The molecule has 0 spiro atoms. The van der Waals surface area contributed by atoms with Crippen molar-refractivity contribution in [3.8, 4) is 0 Å². The molecule has 6 heteroatoms. The van der Waals surface area contributed by atoms with Gasteiger partial charge in [-0.3, -0.25) is 19.7 Å². The van der Waals surface area contributed by atoms with Crippen molar-refractivity contribution in [3.05, 3.63) is 12.2 Å². The van der Waals surface area contributed by atoms with Gasteiger partial charge in [-0.15, -0.1) is 0 Å². The highest BCUT2D eigenvalue weighted by Crippen LogP contribution is 2.24. The minimum atomic E-state index is -0.475. The first-order valence-corrected chi connectivity index (χ1v) is 9.02. The van der Waals surface area contributed by atoms with Gasteiger partial charge in [0.05, 0.1) is 12.0 Å². The summed E-state index contributed by atoms with van der Waals surface area (Å²) in [5, 5.41) is 12.5. The fourth-order valence-corrected chi connectivity index (χ4v) is 3.15. The number of aliphatic hydroxyl groups excluding tert-OH is 1. The van der Waals surface area contributed by atoms with Crippen LogP contribution in [-0.4, -0.2) is 46.4 Å². The number of hydrogen-bond donors (Lipinski definition) is 2. The van der Waals surface area contributed by atoms with Crippen molar-refractivity contribution in [2.24, 2.45) is 17.8 Å². The Morgan fingerprint density at radius 3 is 2.48 bits per heavy atom. The molecule has 0 saturated carbocycles.